The molecule has 0 aliphatic carbocycles. The summed E-state index contributed by atoms with van der Waals surface area (Å²) in [6.07, 6.45) is 6.12. The van der Waals surface area contributed by atoms with Gasteiger partial charge < -0.3 is 27.6 Å². The second-order valence-corrected chi connectivity index (χ2v) is 9.16. The maximum absolute atomic E-state index is 11.2. The van der Waals surface area contributed by atoms with Gasteiger partial charge in [0.1, 0.15) is 5.78 Å². The van der Waals surface area contributed by atoms with Gasteiger partial charge in [-0.1, -0.05) is 37.1 Å². The van der Waals surface area contributed by atoms with Gasteiger partial charge in [0.15, 0.2) is 0 Å². The summed E-state index contributed by atoms with van der Waals surface area (Å²) in [5, 5.41) is 15.2. The van der Waals surface area contributed by atoms with Crippen LogP contribution in [-0.2, 0) is 17.4 Å². The zero-order valence-corrected chi connectivity index (χ0v) is 24.3. The molecule has 9 heteroatoms. The topological polar surface area (TPSA) is 75.9 Å². The maximum Gasteiger partial charge on any atom is 1.00 e. The van der Waals surface area contributed by atoms with E-state index in [4.69, 9.17) is 12.6 Å². The average Bonchev–Trinajstić information content (AvgIpc) is 3.24. The minimum absolute atomic E-state index is 0. The van der Waals surface area contributed by atoms with E-state index < -0.39 is 0 Å². The third-order valence-corrected chi connectivity index (χ3v) is 6.18. The number of rotatable bonds is 14. The standard InChI is InChI=1S/C26H36N6OS.Na/c1-20-11-8-12-21(2)25(20)31(17-7-5-4-6-13-22(3)33)18-10-16-27-23-14-9-15-24(19-23)32-26(34)28-29-30-32;/h8-9,11-12,14-15,19,27H,4-7,10,13,16-18H2,1-3H3,(H,28,30,34);/q;+1/p-1. The molecule has 3 rings (SSSR count). The summed E-state index contributed by atoms with van der Waals surface area (Å²) in [6, 6.07) is 14.5. The number of tetrazole rings is 1. The number of ketones is 1. The van der Waals surface area contributed by atoms with E-state index >= 15 is 0 Å². The summed E-state index contributed by atoms with van der Waals surface area (Å²) in [5.74, 6) is 0.290. The van der Waals surface area contributed by atoms with Crippen molar-refractivity contribution in [1.29, 1.82) is 0 Å². The van der Waals surface area contributed by atoms with Crippen molar-refractivity contribution in [3.8, 4) is 5.69 Å². The second-order valence-electron chi connectivity index (χ2n) is 8.80. The van der Waals surface area contributed by atoms with Crippen LogP contribution in [0.15, 0.2) is 47.6 Å². The summed E-state index contributed by atoms with van der Waals surface area (Å²) >= 11 is 5.17. The van der Waals surface area contributed by atoms with Gasteiger partial charge in [-0.05, 0) is 79.8 Å². The van der Waals surface area contributed by atoms with E-state index in [0.29, 0.717) is 11.6 Å². The van der Waals surface area contributed by atoms with Crippen LogP contribution in [-0.4, -0.2) is 45.6 Å². The molecule has 1 heterocycles. The van der Waals surface area contributed by atoms with Crippen LogP contribution in [0.2, 0.25) is 0 Å². The van der Waals surface area contributed by atoms with Crippen molar-refractivity contribution < 1.29 is 34.4 Å². The number of benzene rings is 2. The van der Waals surface area contributed by atoms with Gasteiger partial charge in [-0.2, -0.15) is 0 Å². The third kappa shape index (κ3) is 9.18. The minimum Gasteiger partial charge on any atom is -0.738 e. The number of para-hydroxylation sites is 1. The van der Waals surface area contributed by atoms with E-state index in [1.165, 1.54) is 16.8 Å². The van der Waals surface area contributed by atoms with Crippen molar-refractivity contribution in [3.63, 3.8) is 0 Å². The molecule has 7 nitrogen and oxygen atoms in total. The van der Waals surface area contributed by atoms with Crippen molar-refractivity contribution in [2.24, 2.45) is 0 Å². The molecule has 182 valence electrons. The van der Waals surface area contributed by atoms with Crippen LogP contribution in [0.4, 0.5) is 11.4 Å². The molecule has 0 unspecified atom stereocenters. The van der Waals surface area contributed by atoms with Crippen molar-refractivity contribution in [2.45, 2.75) is 64.5 Å². The largest absolute Gasteiger partial charge is 1.00 e. The monoisotopic (exact) mass is 502 g/mol. The predicted molar refractivity (Wildman–Crippen MR) is 140 cm³/mol. The quantitative estimate of drug-likeness (QED) is 0.205. The molecule has 2 aromatic carbocycles. The van der Waals surface area contributed by atoms with E-state index in [-0.39, 0.29) is 35.3 Å². The molecule has 3 aromatic rings. The first-order valence-electron chi connectivity index (χ1n) is 12.1. The average molecular weight is 503 g/mol. The number of aromatic nitrogens is 4. The third-order valence-electron chi connectivity index (χ3n) is 5.93. The number of nitrogens with zero attached hydrogens (tertiary/aromatic N) is 5. The zero-order valence-electron chi connectivity index (χ0n) is 21.5. The van der Waals surface area contributed by atoms with Gasteiger partial charge in [0.25, 0.3) is 0 Å². The number of hydrogen-bond donors (Lipinski definition) is 1. The van der Waals surface area contributed by atoms with Crippen molar-refractivity contribution in [3.05, 3.63) is 53.6 Å². The Bertz CT molecular complexity index is 1050. The Hall–Kier alpha value is -2.00. The molecule has 0 atom stereocenters. The Morgan fingerprint density at radius 1 is 1.00 bits per heavy atom. The normalized spacial score (nSPS) is 10.6. The van der Waals surface area contributed by atoms with Gasteiger partial charge in [0.2, 0.25) is 0 Å². The van der Waals surface area contributed by atoms with Gasteiger partial charge in [0, 0.05) is 42.6 Å². The number of carbonyl (C=O) groups is 1. The molecule has 1 N–H and O–H groups in total. The Labute approximate surface area is 236 Å². The second kappa shape index (κ2) is 15.2. The summed E-state index contributed by atoms with van der Waals surface area (Å²) in [5.41, 5.74) is 5.86. The van der Waals surface area contributed by atoms with E-state index in [0.717, 1.165) is 63.1 Å². The maximum atomic E-state index is 11.2. The Morgan fingerprint density at radius 2 is 1.69 bits per heavy atom. The Kier molecular flexibility index (Phi) is 12.7. The van der Waals surface area contributed by atoms with Crippen LogP contribution in [0.1, 0.15) is 56.6 Å². The molecule has 0 aliphatic rings. The summed E-state index contributed by atoms with van der Waals surface area (Å²) < 4.78 is 1.56. The van der Waals surface area contributed by atoms with Gasteiger partial charge in [-0.3, -0.25) is 0 Å². The molecule has 1 aromatic heterocycles. The summed E-state index contributed by atoms with van der Waals surface area (Å²) in [7, 11) is 0. The van der Waals surface area contributed by atoms with E-state index in [1.807, 2.05) is 24.3 Å². The molecular formula is C26H35N6NaOS. The Balaban J connectivity index is 0.00000432. The molecule has 0 spiro atoms. The van der Waals surface area contributed by atoms with Crippen LogP contribution < -0.4 is 39.8 Å². The molecular weight excluding hydrogens is 467 g/mol. The predicted octanol–water partition coefficient (Wildman–Crippen LogP) is 2.04. The van der Waals surface area contributed by atoms with Gasteiger partial charge in [0.05, 0.1) is 5.69 Å². The number of hydrogen-bond acceptors (Lipinski definition) is 7. The molecule has 0 aliphatic heterocycles. The zero-order chi connectivity index (χ0) is 24.3. The van der Waals surface area contributed by atoms with Gasteiger partial charge in [-0.15, -0.1) is 5.10 Å². The number of nitrogens with one attached hydrogen (secondary N) is 1. The van der Waals surface area contributed by atoms with Crippen molar-refractivity contribution in [2.75, 3.05) is 29.9 Å². The molecule has 0 radical (unpaired) electrons. The SMILES string of the molecule is CC(=O)CCCCCCN(CCCNc1cccc(-n2nnnc2[S-])c1)c1c(C)cccc1C.[Na+]. The number of Topliss-reactive ketones (excluding diaryl/α,β-unsaturated/α-hetero) is 1. The summed E-state index contributed by atoms with van der Waals surface area (Å²) in [4.78, 5) is 13.7. The fraction of sp³-hybridized carbons (Fsp3) is 0.462. The van der Waals surface area contributed by atoms with Crippen molar-refractivity contribution >= 4 is 29.8 Å². The fourth-order valence-electron chi connectivity index (χ4n) is 4.26. The smallest absolute Gasteiger partial charge is 0.738 e. The van der Waals surface area contributed by atoms with Crippen LogP contribution in [0.5, 0.6) is 0 Å². The molecule has 0 saturated heterocycles. The first-order valence-corrected chi connectivity index (χ1v) is 12.5. The van der Waals surface area contributed by atoms with Gasteiger partial charge >= 0.3 is 29.6 Å². The molecule has 0 saturated carbocycles. The molecule has 35 heavy (non-hydrogen) atoms. The number of unbranched alkanes of at least 4 members (excludes halogenated alkanes) is 3. The van der Waals surface area contributed by atoms with E-state index in [2.05, 4.69) is 57.8 Å². The van der Waals surface area contributed by atoms with E-state index in [9.17, 15) is 4.79 Å². The molecule has 0 fully saturated rings. The van der Waals surface area contributed by atoms with Gasteiger partial charge in [-0.25, -0.2) is 4.68 Å². The van der Waals surface area contributed by atoms with Crippen LogP contribution in [0.3, 0.4) is 0 Å². The first kappa shape index (κ1) is 29.2. The van der Waals surface area contributed by atoms with Crippen molar-refractivity contribution in [1.82, 2.24) is 20.2 Å². The van der Waals surface area contributed by atoms with E-state index in [1.54, 1.807) is 11.6 Å². The Morgan fingerprint density at radius 3 is 2.37 bits per heavy atom. The number of aryl methyl sites for hydroxylation is 2. The van der Waals surface area contributed by atoms with Crippen LogP contribution in [0, 0.1) is 13.8 Å². The molecule has 0 amide bonds. The van der Waals surface area contributed by atoms with Crippen LogP contribution >= 0.6 is 0 Å². The van der Waals surface area contributed by atoms with Crippen LogP contribution in [0.25, 0.3) is 5.69 Å². The summed E-state index contributed by atoms with van der Waals surface area (Å²) in [6.45, 7) is 8.93. The number of carbonyl (C=O) groups excluding carboxylic acids is 1. The fourth-order valence-corrected chi connectivity index (χ4v) is 4.44. The molecule has 0 bridgehead atoms. The minimum atomic E-state index is 0. The number of anilines is 2. The first-order chi connectivity index (χ1) is 16.5.